The number of rotatable bonds is 13. The minimum atomic E-state index is -0.326. The van der Waals surface area contributed by atoms with Crippen LogP contribution >= 0.6 is 11.3 Å². The van der Waals surface area contributed by atoms with E-state index in [4.69, 9.17) is 9.47 Å². The molecule has 0 unspecified atom stereocenters. The van der Waals surface area contributed by atoms with Crippen LogP contribution in [0.15, 0.2) is 66.0 Å². The van der Waals surface area contributed by atoms with Crippen LogP contribution in [0, 0.1) is 12.7 Å². The quantitative estimate of drug-likeness (QED) is 0.350. The van der Waals surface area contributed by atoms with E-state index in [-0.39, 0.29) is 37.3 Å². The van der Waals surface area contributed by atoms with Crippen molar-refractivity contribution in [2.24, 2.45) is 0 Å². The first-order valence-electron chi connectivity index (χ1n) is 11.4. The Labute approximate surface area is 209 Å². The Morgan fingerprint density at radius 1 is 0.914 bits per heavy atom. The monoisotopic (exact) mass is 498 g/mol. The summed E-state index contributed by atoms with van der Waals surface area (Å²) in [6.45, 7) is 3.40. The van der Waals surface area contributed by atoms with Crippen LogP contribution in [0.4, 0.5) is 4.39 Å². The van der Waals surface area contributed by atoms with Gasteiger partial charge in [-0.3, -0.25) is 9.59 Å². The van der Waals surface area contributed by atoms with Crippen molar-refractivity contribution in [3.05, 3.63) is 93.4 Å². The number of hydrogen-bond acceptors (Lipinski definition) is 5. The molecule has 186 valence electrons. The van der Waals surface area contributed by atoms with Gasteiger partial charge in [-0.15, -0.1) is 11.3 Å². The van der Waals surface area contributed by atoms with Gasteiger partial charge >= 0.3 is 0 Å². The molecule has 0 N–H and O–H groups in total. The average molecular weight is 499 g/mol. The standard InChI is InChI=1S/C27H31FN2O4S/c1-21-12-15-35-25(21)17-30(16-22-8-10-24(28)11-9-22)26(31)18-29(13-14-33-2)27(32)20-34-19-23-6-4-3-5-7-23/h3-12,15H,13-14,16-20H2,1-2H3. The van der Waals surface area contributed by atoms with E-state index in [0.717, 1.165) is 21.6 Å². The van der Waals surface area contributed by atoms with Crippen LogP contribution in [0.3, 0.4) is 0 Å². The first-order chi connectivity index (χ1) is 17.0. The van der Waals surface area contributed by atoms with Gasteiger partial charge in [-0.2, -0.15) is 0 Å². The highest BCUT2D eigenvalue weighted by Gasteiger charge is 2.22. The maximum Gasteiger partial charge on any atom is 0.249 e. The average Bonchev–Trinajstić information content (AvgIpc) is 3.27. The lowest BCUT2D eigenvalue weighted by Gasteiger charge is -2.28. The molecule has 0 aliphatic rings. The summed E-state index contributed by atoms with van der Waals surface area (Å²) in [6.07, 6.45) is 0. The van der Waals surface area contributed by atoms with E-state index in [9.17, 15) is 14.0 Å². The molecule has 2 aromatic carbocycles. The van der Waals surface area contributed by atoms with Crippen LogP contribution in [0.25, 0.3) is 0 Å². The zero-order valence-corrected chi connectivity index (χ0v) is 20.9. The van der Waals surface area contributed by atoms with E-state index in [1.54, 1.807) is 35.5 Å². The normalized spacial score (nSPS) is 10.8. The Balaban J connectivity index is 1.67. The summed E-state index contributed by atoms with van der Waals surface area (Å²) in [6, 6.07) is 17.7. The van der Waals surface area contributed by atoms with Crippen LogP contribution < -0.4 is 0 Å². The molecule has 3 rings (SSSR count). The molecule has 35 heavy (non-hydrogen) atoms. The molecular formula is C27H31FN2O4S. The van der Waals surface area contributed by atoms with Crippen molar-refractivity contribution < 1.29 is 23.5 Å². The number of hydrogen-bond donors (Lipinski definition) is 0. The zero-order valence-electron chi connectivity index (χ0n) is 20.1. The van der Waals surface area contributed by atoms with Gasteiger partial charge in [0.05, 0.1) is 26.3 Å². The van der Waals surface area contributed by atoms with Gasteiger partial charge in [0, 0.05) is 25.1 Å². The van der Waals surface area contributed by atoms with Crippen molar-refractivity contribution >= 4 is 23.2 Å². The molecule has 6 nitrogen and oxygen atoms in total. The Bertz CT molecular complexity index is 1070. The molecule has 1 aromatic heterocycles. The molecule has 0 atom stereocenters. The number of amides is 2. The summed E-state index contributed by atoms with van der Waals surface area (Å²) >= 11 is 1.58. The summed E-state index contributed by atoms with van der Waals surface area (Å²) in [5, 5.41) is 1.99. The van der Waals surface area contributed by atoms with Crippen LogP contribution in [0.5, 0.6) is 0 Å². The molecule has 0 aliphatic heterocycles. The van der Waals surface area contributed by atoms with Gasteiger partial charge in [0.1, 0.15) is 12.4 Å². The molecule has 0 radical (unpaired) electrons. The lowest BCUT2D eigenvalue weighted by molar-refractivity contribution is -0.144. The lowest BCUT2D eigenvalue weighted by Crippen LogP contribution is -2.45. The molecule has 0 bridgehead atoms. The number of aryl methyl sites for hydroxylation is 1. The Kier molecular flexibility index (Phi) is 10.4. The van der Waals surface area contributed by atoms with Crippen molar-refractivity contribution in [1.29, 1.82) is 0 Å². The van der Waals surface area contributed by atoms with Gasteiger partial charge in [0.15, 0.2) is 0 Å². The fourth-order valence-corrected chi connectivity index (χ4v) is 4.38. The highest BCUT2D eigenvalue weighted by molar-refractivity contribution is 7.10. The molecule has 1 heterocycles. The number of thiophene rings is 1. The van der Waals surface area contributed by atoms with Crippen molar-refractivity contribution in [3.63, 3.8) is 0 Å². The predicted molar refractivity (Wildman–Crippen MR) is 134 cm³/mol. The predicted octanol–water partition coefficient (Wildman–Crippen LogP) is 4.42. The second kappa shape index (κ2) is 13.7. The minimum Gasteiger partial charge on any atom is -0.383 e. The smallest absolute Gasteiger partial charge is 0.249 e. The van der Waals surface area contributed by atoms with Gasteiger partial charge < -0.3 is 19.3 Å². The van der Waals surface area contributed by atoms with Gasteiger partial charge in [-0.05, 0) is 47.2 Å². The summed E-state index contributed by atoms with van der Waals surface area (Å²) in [5.41, 5.74) is 2.89. The second-order valence-electron chi connectivity index (χ2n) is 8.19. The van der Waals surface area contributed by atoms with Gasteiger partial charge in [0.25, 0.3) is 0 Å². The fraction of sp³-hybridized carbons (Fsp3) is 0.333. The van der Waals surface area contributed by atoms with Gasteiger partial charge in [-0.25, -0.2) is 4.39 Å². The van der Waals surface area contributed by atoms with Crippen LogP contribution in [0.2, 0.25) is 0 Å². The molecule has 0 aliphatic carbocycles. The molecular weight excluding hydrogens is 467 g/mol. The van der Waals surface area contributed by atoms with Gasteiger partial charge in [-0.1, -0.05) is 42.5 Å². The number of carbonyl (C=O) groups is 2. The number of benzene rings is 2. The molecule has 0 saturated heterocycles. The van der Waals surface area contributed by atoms with E-state index in [2.05, 4.69) is 0 Å². The zero-order chi connectivity index (χ0) is 25.0. The summed E-state index contributed by atoms with van der Waals surface area (Å²) in [4.78, 5) is 30.5. The topological polar surface area (TPSA) is 59.1 Å². The number of methoxy groups -OCH3 is 1. The molecule has 3 aromatic rings. The number of nitrogens with zero attached hydrogens (tertiary/aromatic N) is 2. The Morgan fingerprint density at radius 2 is 1.66 bits per heavy atom. The summed E-state index contributed by atoms with van der Waals surface area (Å²) in [7, 11) is 1.55. The summed E-state index contributed by atoms with van der Waals surface area (Å²) < 4.78 is 24.1. The fourth-order valence-electron chi connectivity index (χ4n) is 3.46. The first-order valence-corrected chi connectivity index (χ1v) is 12.3. The molecule has 8 heteroatoms. The third-order valence-corrected chi connectivity index (χ3v) is 6.53. The van der Waals surface area contributed by atoms with Crippen LogP contribution in [-0.4, -0.2) is 55.0 Å². The van der Waals surface area contributed by atoms with E-state index >= 15 is 0 Å². The highest BCUT2D eigenvalue weighted by atomic mass is 32.1. The van der Waals surface area contributed by atoms with Crippen molar-refractivity contribution in [3.8, 4) is 0 Å². The molecule has 0 spiro atoms. The third kappa shape index (κ3) is 8.58. The third-order valence-electron chi connectivity index (χ3n) is 5.52. The summed E-state index contributed by atoms with van der Waals surface area (Å²) in [5.74, 6) is -0.803. The number of halogens is 1. The SMILES string of the molecule is COCCN(CC(=O)N(Cc1ccc(F)cc1)Cc1sccc1C)C(=O)COCc1ccccc1. The van der Waals surface area contributed by atoms with E-state index in [0.29, 0.717) is 26.3 Å². The molecule has 0 saturated carbocycles. The number of carbonyl (C=O) groups excluding carboxylic acids is 2. The van der Waals surface area contributed by atoms with E-state index in [1.165, 1.54) is 17.0 Å². The minimum absolute atomic E-state index is 0.0947. The van der Waals surface area contributed by atoms with E-state index < -0.39 is 0 Å². The Hall–Kier alpha value is -3.07. The Morgan fingerprint density at radius 3 is 2.31 bits per heavy atom. The van der Waals surface area contributed by atoms with E-state index in [1.807, 2.05) is 48.7 Å². The first kappa shape index (κ1) is 26.5. The largest absolute Gasteiger partial charge is 0.383 e. The van der Waals surface area contributed by atoms with Gasteiger partial charge in [0.2, 0.25) is 11.8 Å². The molecule has 0 fully saturated rings. The second-order valence-corrected chi connectivity index (χ2v) is 9.19. The van der Waals surface area contributed by atoms with Crippen molar-refractivity contribution in [2.45, 2.75) is 26.6 Å². The van der Waals surface area contributed by atoms with Crippen LogP contribution in [-0.2, 0) is 38.8 Å². The van der Waals surface area contributed by atoms with Crippen molar-refractivity contribution in [1.82, 2.24) is 9.80 Å². The van der Waals surface area contributed by atoms with Crippen molar-refractivity contribution in [2.75, 3.05) is 33.4 Å². The lowest BCUT2D eigenvalue weighted by atomic mass is 10.2. The number of ether oxygens (including phenoxy) is 2. The highest BCUT2D eigenvalue weighted by Crippen LogP contribution is 2.20. The van der Waals surface area contributed by atoms with Crippen LogP contribution in [0.1, 0.15) is 21.6 Å². The maximum absolute atomic E-state index is 13.4. The molecule has 2 amide bonds. The maximum atomic E-state index is 13.4.